The first kappa shape index (κ1) is 15.5. The number of carbonyl (C=O) groups excluding carboxylic acids is 1. The molecule has 0 bridgehead atoms. The summed E-state index contributed by atoms with van der Waals surface area (Å²) in [5, 5.41) is 13.2. The minimum Gasteiger partial charge on any atom is -0.480 e. The molecule has 0 saturated carbocycles. The van der Waals surface area contributed by atoms with Crippen molar-refractivity contribution in [2.24, 2.45) is 13.0 Å². The highest BCUT2D eigenvalue weighted by Crippen LogP contribution is 2.21. The molecule has 1 aromatic heterocycles. The van der Waals surface area contributed by atoms with Gasteiger partial charge in [0.15, 0.2) is 5.69 Å². The van der Waals surface area contributed by atoms with Crippen molar-refractivity contribution in [1.82, 2.24) is 14.7 Å². The zero-order valence-electron chi connectivity index (χ0n) is 11.5. The summed E-state index contributed by atoms with van der Waals surface area (Å²) < 4.78 is 1.50. The van der Waals surface area contributed by atoms with E-state index in [2.05, 4.69) is 5.10 Å². The molecule has 0 aliphatic rings. The van der Waals surface area contributed by atoms with Crippen molar-refractivity contribution in [1.29, 1.82) is 0 Å². The Morgan fingerprint density at radius 2 is 2.05 bits per heavy atom. The normalized spacial score (nSPS) is 10.8. The number of carboxylic acids is 1. The molecule has 0 atom stereocenters. The highest BCUT2D eigenvalue weighted by atomic mass is 35.5. The standard InChI is InChI=1S/C12H18ClN3O3/c1-7(2)5-16(6-9(17)18)12(19)11-10(13)8(3)15(4)14-11/h7H,5-6H2,1-4H3,(H,17,18). The number of nitrogens with zero attached hydrogens (tertiary/aromatic N) is 3. The molecular formula is C12H18ClN3O3. The number of halogens is 1. The van der Waals surface area contributed by atoms with Crippen LogP contribution in [0.2, 0.25) is 5.02 Å². The van der Waals surface area contributed by atoms with Crippen molar-refractivity contribution < 1.29 is 14.7 Å². The van der Waals surface area contributed by atoms with Gasteiger partial charge in [-0.25, -0.2) is 0 Å². The van der Waals surface area contributed by atoms with E-state index in [-0.39, 0.29) is 23.2 Å². The number of aliphatic carboxylic acids is 1. The predicted octanol–water partition coefficient (Wildman–Crippen LogP) is 1.56. The molecule has 6 nitrogen and oxygen atoms in total. The lowest BCUT2D eigenvalue weighted by Crippen LogP contribution is -2.38. The third kappa shape index (κ3) is 3.70. The first-order valence-electron chi connectivity index (χ1n) is 5.94. The van der Waals surface area contributed by atoms with Crippen LogP contribution in [-0.2, 0) is 11.8 Å². The summed E-state index contributed by atoms with van der Waals surface area (Å²) in [6.07, 6.45) is 0. The lowest BCUT2D eigenvalue weighted by Gasteiger charge is -2.21. The van der Waals surface area contributed by atoms with Crippen molar-refractivity contribution >= 4 is 23.5 Å². The zero-order valence-corrected chi connectivity index (χ0v) is 12.2. The fourth-order valence-electron chi connectivity index (χ4n) is 1.69. The third-order valence-corrected chi connectivity index (χ3v) is 3.11. The SMILES string of the molecule is Cc1c(Cl)c(C(=O)N(CC(=O)O)CC(C)C)nn1C. The average Bonchev–Trinajstić information content (AvgIpc) is 2.54. The van der Waals surface area contributed by atoms with Crippen LogP contribution in [0.1, 0.15) is 30.0 Å². The van der Waals surface area contributed by atoms with E-state index in [4.69, 9.17) is 16.7 Å². The summed E-state index contributed by atoms with van der Waals surface area (Å²) in [6.45, 7) is 5.55. The van der Waals surface area contributed by atoms with Crippen LogP contribution in [0.4, 0.5) is 0 Å². The van der Waals surface area contributed by atoms with Crippen LogP contribution in [-0.4, -0.2) is 44.8 Å². The first-order valence-corrected chi connectivity index (χ1v) is 6.32. The summed E-state index contributed by atoms with van der Waals surface area (Å²) in [6, 6.07) is 0. The first-order chi connectivity index (χ1) is 8.73. The Morgan fingerprint density at radius 3 is 2.42 bits per heavy atom. The summed E-state index contributed by atoms with van der Waals surface area (Å²) >= 11 is 6.05. The van der Waals surface area contributed by atoms with Gasteiger partial charge in [-0.1, -0.05) is 25.4 Å². The predicted molar refractivity (Wildman–Crippen MR) is 71.3 cm³/mol. The number of carbonyl (C=O) groups is 2. The number of carboxylic acid groups (broad SMARTS) is 1. The van der Waals surface area contributed by atoms with Gasteiger partial charge in [-0.05, 0) is 12.8 Å². The van der Waals surface area contributed by atoms with Gasteiger partial charge >= 0.3 is 5.97 Å². The van der Waals surface area contributed by atoms with Crippen LogP contribution in [0.3, 0.4) is 0 Å². The Bertz CT molecular complexity index is 497. The Labute approximate surface area is 117 Å². The minimum atomic E-state index is -1.06. The van der Waals surface area contributed by atoms with Gasteiger partial charge in [-0.2, -0.15) is 5.10 Å². The molecule has 1 rings (SSSR count). The maximum atomic E-state index is 12.3. The molecule has 1 amide bonds. The van der Waals surface area contributed by atoms with Crippen molar-refractivity contribution in [3.8, 4) is 0 Å². The number of amides is 1. The molecule has 0 unspecified atom stereocenters. The quantitative estimate of drug-likeness (QED) is 0.892. The van der Waals surface area contributed by atoms with Crippen LogP contribution >= 0.6 is 11.6 Å². The van der Waals surface area contributed by atoms with Gasteiger partial charge in [0.2, 0.25) is 0 Å². The van der Waals surface area contributed by atoms with Gasteiger partial charge in [0.05, 0.1) is 10.7 Å². The van der Waals surface area contributed by atoms with Crippen molar-refractivity contribution in [2.75, 3.05) is 13.1 Å². The van der Waals surface area contributed by atoms with Gasteiger partial charge in [0, 0.05) is 13.6 Å². The van der Waals surface area contributed by atoms with Gasteiger partial charge in [-0.3, -0.25) is 14.3 Å². The molecule has 0 radical (unpaired) electrons. The summed E-state index contributed by atoms with van der Waals surface area (Å²) in [7, 11) is 1.68. The van der Waals surface area contributed by atoms with Gasteiger partial charge in [0.1, 0.15) is 6.54 Å². The molecule has 0 aromatic carbocycles. The second-order valence-corrected chi connectivity index (χ2v) is 5.22. The highest BCUT2D eigenvalue weighted by molar-refractivity contribution is 6.34. The molecule has 0 fully saturated rings. The maximum absolute atomic E-state index is 12.3. The monoisotopic (exact) mass is 287 g/mol. The summed E-state index contributed by atoms with van der Waals surface area (Å²) in [5.41, 5.74) is 0.772. The van der Waals surface area contributed by atoms with E-state index in [1.54, 1.807) is 14.0 Å². The topological polar surface area (TPSA) is 75.4 Å². The lowest BCUT2D eigenvalue weighted by atomic mass is 10.2. The van der Waals surface area contributed by atoms with Gasteiger partial charge in [0.25, 0.3) is 5.91 Å². The number of hydrogen-bond acceptors (Lipinski definition) is 3. The van der Waals surface area contributed by atoms with Crippen LogP contribution in [0.15, 0.2) is 0 Å². The zero-order chi connectivity index (χ0) is 14.7. The fraction of sp³-hybridized carbons (Fsp3) is 0.583. The van der Waals surface area contributed by atoms with Crippen molar-refractivity contribution in [2.45, 2.75) is 20.8 Å². The molecule has 1 N–H and O–H groups in total. The number of aryl methyl sites for hydroxylation is 1. The average molecular weight is 288 g/mol. The van der Waals surface area contributed by atoms with Crippen molar-refractivity contribution in [3.63, 3.8) is 0 Å². The largest absolute Gasteiger partial charge is 0.480 e. The van der Waals surface area contributed by atoms with E-state index in [0.29, 0.717) is 12.2 Å². The number of rotatable bonds is 5. The second-order valence-electron chi connectivity index (χ2n) is 4.84. The Balaban J connectivity index is 3.04. The third-order valence-electron chi connectivity index (χ3n) is 2.66. The molecule has 0 aliphatic heterocycles. The molecular weight excluding hydrogens is 270 g/mol. The van der Waals surface area contributed by atoms with Crippen molar-refractivity contribution in [3.05, 3.63) is 16.4 Å². The van der Waals surface area contributed by atoms with E-state index in [0.717, 1.165) is 0 Å². The van der Waals surface area contributed by atoms with E-state index in [1.807, 2.05) is 13.8 Å². The maximum Gasteiger partial charge on any atom is 0.323 e. The Hall–Kier alpha value is -1.56. The molecule has 0 saturated heterocycles. The Morgan fingerprint density at radius 1 is 1.47 bits per heavy atom. The van der Waals surface area contributed by atoms with Crippen LogP contribution < -0.4 is 0 Å². The van der Waals surface area contributed by atoms with E-state index in [1.165, 1.54) is 9.58 Å². The molecule has 1 heterocycles. The number of hydrogen-bond donors (Lipinski definition) is 1. The smallest absolute Gasteiger partial charge is 0.323 e. The molecule has 19 heavy (non-hydrogen) atoms. The van der Waals surface area contributed by atoms with Crippen LogP contribution in [0.25, 0.3) is 0 Å². The minimum absolute atomic E-state index is 0.101. The highest BCUT2D eigenvalue weighted by Gasteiger charge is 2.25. The van der Waals surface area contributed by atoms with Crippen LogP contribution in [0.5, 0.6) is 0 Å². The Kier molecular flexibility index (Phi) is 4.94. The van der Waals surface area contributed by atoms with Crippen LogP contribution in [0, 0.1) is 12.8 Å². The second kappa shape index (κ2) is 6.06. The number of aromatic nitrogens is 2. The molecule has 1 aromatic rings. The van der Waals surface area contributed by atoms with E-state index >= 15 is 0 Å². The molecule has 0 spiro atoms. The van der Waals surface area contributed by atoms with Gasteiger partial charge < -0.3 is 10.0 Å². The molecule has 106 valence electrons. The van der Waals surface area contributed by atoms with E-state index < -0.39 is 11.9 Å². The summed E-state index contributed by atoms with van der Waals surface area (Å²) in [4.78, 5) is 24.4. The molecule has 7 heteroatoms. The van der Waals surface area contributed by atoms with Gasteiger partial charge in [-0.15, -0.1) is 0 Å². The van der Waals surface area contributed by atoms with E-state index in [9.17, 15) is 9.59 Å². The lowest BCUT2D eigenvalue weighted by molar-refractivity contribution is -0.137. The fourth-order valence-corrected chi connectivity index (χ4v) is 1.93. The summed E-state index contributed by atoms with van der Waals surface area (Å²) in [5.74, 6) is -1.35. The molecule has 0 aliphatic carbocycles.